The SMILES string of the molecule is CC(C)c1ccc(CC2CC(c3ccc(Cl)cc3)=NO2)cc1. The van der Waals surface area contributed by atoms with E-state index in [9.17, 15) is 0 Å². The van der Waals surface area contributed by atoms with Crippen molar-refractivity contribution in [1.82, 2.24) is 0 Å². The van der Waals surface area contributed by atoms with E-state index in [1.807, 2.05) is 24.3 Å². The summed E-state index contributed by atoms with van der Waals surface area (Å²) in [5, 5.41) is 4.97. The monoisotopic (exact) mass is 313 g/mol. The van der Waals surface area contributed by atoms with Crippen molar-refractivity contribution in [3.63, 3.8) is 0 Å². The van der Waals surface area contributed by atoms with Gasteiger partial charge < -0.3 is 4.84 Å². The van der Waals surface area contributed by atoms with Gasteiger partial charge in [-0.3, -0.25) is 0 Å². The molecule has 2 aromatic rings. The van der Waals surface area contributed by atoms with Crippen LogP contribution in [0.3, 0.4) is 0 Å². The molecule has 0 aromatic heterocycles. The zero-order valence-electron chi connectivity index (χ0n) is 12.9. The summed E-state index contributed by atoms with van der Waals surface area (Å²) < 4.78 is 0. The fourth-order valence-corrected chi connectivity index (χ4v) is 2.78. The largest absolute Gasteiger partial charge is 0.391 e. The number of hydrogen-bond donors (Lipinski definition) is 0. The van der Waals surface area contributed by atoms with Gasteiger partial charge in [-0.1, -0.05) is 67.0 Å². The van der Waals surface area contributed by atoms with Crippen molar-refractivity contribution in [1.29, 1.82) is 0 Å². The van der Waals surface area contributed by atoms with Gasteiger partial charge in [0, 0.05) is 17.9 Å². The van der Waals surface area contributed by atoms with Crippen molar-refractivity contribution in [3.05, 3.63) is 70.2 Å². The van der Waals surface area contributed by atoms with E-state index < -0.39 is 0 Å². The Morgan fingerprint density at radius 1 is 1.09 bits per heavy atom. The third-order valence-electron chi connectivity index (χ3n) is 4.02. The molecule has 114 valence electrons. The first-order chi connectivity index (χ1) is 10.6. The Bertz CT molecular complexity index is 659. The highest BCUT2D eigenvalue weighted by Crippen LogP contribution is 2.22. The first-order valence-electron chi connectivity index (χ1n) is 7.69. The molecule has 0 amide bonds. The molecule has 0 spiro atoms. The van der Waals surface area contributed by atoms with Gasteiger partial charge in [0.25, 0.3) is 0 Å². The summed E-state index contributed by atoms with van der Waals surface area (Å²) in [7, 11) is 0. The van der Waals surface area contributed by atoms with E-state index in [2.05, 4.69) is 43.3 Å². The average Bonchev–Trinajstić information content (AvgIpc) is 2.97. The Hall–Kier alpha value is -1.80. The van der Waals surface area contributed by atoms with Gasteiger partial charge in [0.05, 0.1) is 5.71 Å². The van der Waals surface area contributed by atoms with Crippen molar-refractivity contribution >= 4 is 17.3 Å². The van der Waals surface area contributed by atoms with Crippen LogP contribution >= 0.6 is 11.6 Å². The van der Waals surface area contributed by atoms with Crippen LogP contribution in [0, 0.1) is 0 Å². The van der Waals surface area contributed by atoms with Crippen LogP contribution in [0.2, 0.25) is 5.02 Å². The Kier molecular flexibility index (Phi) is 4.49. The van der Waals surface area contributed by atoms with Crippen molar-refractivity contribution in [2.24, 2.45) is 5.16 Å². The molecule has 1 aliphatic rings. The number of oxime groups is 1. The van der Waals surface area contributed by atoms with E-state index in [-0.39, 0.29) is 6.10 Å². The van der Waals surface area contributed by atoms with Gasteiger partial charge in [0.15, 0.2) is 0 Å². The molecule has 0 radical (unpaired) electrons. The molecule has 3 rings (SSSR count). The highest BCUT2D eigenvalue weighted by atomic mass is 35.5. The molecule has 0 saturated carbocycles. The van der Waals surface area contributed by atoms with Crippen LogP contribution in [0.15, 0.2) is 53.7 Å². The quantitative estimate of drug-likeness (QED) is 0.760. The van der Waals surface area contributed by atoms with Crippen molar-refractivity contribution in [3.8, 4) is 0 Å². The Balaban J connectivity index is 1.61. The molecule has 3 heteroatoms. The fourth-order valence-electron chi connectivity index (χ4n) is 2.65. The second-order valence-corrected chi connectivity index (χ2v) is 6.51. The van der Waals surface area contributed by atoms with Gasteiger partial charge in [-0.15, -0.1) is 0 Å². The minimum Gasteiger partial charge on any atom is -0.391 e. The van der Waals surface area contributed by atoms with Gasteiger partial charge in [-0.25, -0.2) is 0 Å². The minimum atomic E-state index is 0.121. The maximum atomic E-state index is 5.92. The summed E-state index contributed by atoms with van der Waals surface area (Å²) in [5.74, 6) is 0.566. The van der Waals surface area contributed by atoms with Crippen molar-refractivity contribution in [2.75, 3.05) is 0 Å². The summed E-state index contributed by atoms with van der Waals surface area (Å²) in [5.41, 5.74) is 4.75. The Labute approximate surface area is 136 Å². The van der Waals surface area contributed by atoms with Gasteiger partial charge in [-0.05, 0) is 34.7 Å². The first-order valence-corrected chi connectivity index (χ1v) is 8.07. The number of rotatable bonds is 4. The van der Waals surface area contributed by atoms with E-state index in [0.29, 0.717) is 5.92 Å². The zero-order valence-corrected chi connectivity index (χ0v) is 13.7. The van der Waals surface area contributed by atoms with Gasteiger partial charge in [0.1, 0.15) is 6.10 Å². The summed E-state index contributed by atoms with van der Waals surface area (Å²) in [4.78, 5) is 5.59. The van der Waals surface area contributed by atoms with Crippen LogP contribution in [0.5, 0.6) is 0 Å². The number of nitrogens with zero attached hydrogens (tertiary/aromatic N) is 1. The van der Waals surface area contributed by atoms with Gasteiger partial charge in [-0.2, -0.15) is 0 Å². The fraction of sp³-hybridized carbons (Fsp3) is 0.316. The van der Waals surface area contributed by atoms with E-state index in [0.717, 1.165) is 29.1 Å². The lowest BCUT2D eigenvalue weighted by molar-refractivity contribution is 0.0859. The lowest BCUT2D eigenvalue weighted by Crippen LogP contribution is -2.12. The summed E-state index contributed by atoms with van der Waals surface area (Å²) >= 11 is 5.92. The van der Waals surface area contributed by atoms with Gasteiger partial charge in [0.2, 0.25) is 0 Å². The molecular formula is C19H20ClNO. The lowest BCUT2D eigenvalue weighted by Gasteiger charge is -2.10. The molecule has 0 aliphatic carbocycles. The summed E-state index contributed by atoms with van der Waals surface area (Å²) in [6.07, 6.45) is 1.85. The molecule has 1 aliphatic heterocycles. The second kappa shape index (κ2) is 6.53. The Morgan fingerprint density at radius 3 is 2.41 bits per heavy atom. The van der Waals surface area contributed by atoms with E-state index in [1.165, 1.54) is 11.1 Å². The molecule has 0 bridgehead atoms. The lowest BCUT2D eigenvalue weighted by atomic mass is 9.97. The smallest absolute Gasteiger partial charge is 0.137 e. The second-order valence-electron chi connectivity index (χ2n) is 6.08. The maximum Gasteiger partial charge on any atom is 0.137 e. The number of hydrogen-bond acceptors (Lipinski definition) is 2. The third kappa shape index (κ3) is 3.50. The molecule has 0 fully saturated rings. The highest BCUT2D eigenvalue weighted by Gasteiger charge is 2.22. The van der Waals surface area contributed by atoms with Gasteiger partial charge >= 0.3 is 0 Å². The standard InChI is InChI=1S/C19H20ClNO/c1-13(2)15-5-3-14(4-6-15)11-18-12-19(21-22-18)16-7-9-17(20)10-8-16/h3-10,13,18H,11-12H2,1-2H3. The summed E-state index contributed by atoms with van der Waals surface area (Å²) in [6, 6.07) is 16.5. The zero-order chi connectivity index (χ0) is 15.5. The van der Waals surface area contributed by atoms with Crippen LogP contribution in [0.4, 0.5) is 0 Å². The topological polar surface area (TPSA) is 21.6 Å². The molecule has 22 heavy (non-hydrogen) atoms. The van der Waals surface area contributed by atoms with E-state index in [4.69, 9.17) is 16.4 Å². The molecule has 0 N–H and O–H groups in total. The van der Waals surface area contributed by atoms with Crippen LogP contribution in [-0.4, -0.2) is 11.8 Å². The average molecular weight is 314 g/mol. The molecule has 0 saturated heterocycles. The maximum absolute atomic E-state index is 5.92. The summed E-state index contributed by atoms with van der Waals surface area (Å²) in [6.45, 7) is 4.42. The van der Waals surface area contributed by atoms with E-state index >= 15 is 0 Å². The number of benzene rings is 2. The Morgan fingerprint density at radius 2 is 1.77 bits per heavy atom. The minimum absolute atomic E-state index is 0.121. The predicted octanol–water partition coefficient (Wildman–Crippen LogP) is 5.20. The van der Waals surface area contributed by atoms with Crippen molar-refractivity contribution < 1.29 is 4.84 Å². The predicted molar refractivity (Wildman–Crippen MR) is 91.7 cm³/mol. The number of halogens is 1. The first kappa shape index (κ1) is 15.1. The molecule has 1 unspecified atom stereocenters. The van der Waals surface area contributed by atoms with Crippen LogP contribution in [0.1, 0.15) is 42.9 Å². The van der Waals surface area contributed by atoms with Crippen LogP contribution < -0.4 is 0 Å². The normalized spacial score (nSPS) is 17.5. The molecule has 1 atom stereocenters. The van der Waals surface area contributed by atoms with Crippen LogP contribution in [-0.2, 0) is 11.3 Å². The molecular weight excluding hydrogens is 294 g/mol. The molecule has 2 aromatic carbocycles. The highest BCUT2D eigenvalue weighted by molar-refractivity contribution is 6.30. The van der Waals surface area contributed by atoms with E-state index in [1.54, 1.807) is 0 Å². The van der Waals surface area contributed by atoms with Crippen molar-refractivity contribution in [2.45, 2.75) is 38.7 Å². The molecule has 2 nitrogen and oxygen atoms in total. The van der Waals surface area contributed by atoms with Crippen LogP contribution in [0.25, 0.3) is 0 Å². The molecule has 1 heterocycles. The third-order valence-corrected chi connectivity index (χ3v) is 4.27.